The molecule has 0 radical (unpaired) electrons. The van der Waals surface area contributed by atoms with Crippen LogP contribution in [-0.4, -0.2) is 62.4 Å². The molecule has 0 aliphatic heterocycles. The van der Waals surface area contributed by atoms with Crippen LogP contribution in [0, 0.1) is 0 Å². The predicted octanol–water partition coefficient (Wildman–Crippen LogP) is 2.91. The number of ether oxygens (including phenoxy) is 1. The van der Waals surface area contributed by atoms with E-state index in [9.17, 15) is 10.2 Å². The molecule has 0 bridgehead atoms. The Hall–Kier alpha value is -2.07. The number of rotatable bonds is 11. The Kier molecular flexibility index (Phi) is 7.17. The van der Waals surface area contributed by atoms with Crippen LogP contribution in [0.5, 0.6) is 0 Å². The number of hydrogen-bond acceptors (Lipinski definition) is 6. The van der Waals surface area contributed by atoms with Gasteiger partial charge in [-0.05, 0) is 25.0 Å². The van der Waals surface area contributed by atoms with Crippen LogP contribution in [0.2, 0.25) is 25.7 Å². The second-order valence-corrected chi connectivity index (χ2v) is 14.1. The lowest BCUT2D eigenvalue weighted by Crippen LogP contribution is -2.22. The minimum Gasteiger partial charge on any atom is -0.396 e. The Morgan fingerprint density at radius 3 is 2.59 bits per heavy atom. The largest absolute Gasteiger partial charge is 0.396 e. The van der Waals surface area contributed by atoms with Gasteiger partial charge >= 0.3 is 0 Å². The molecule has 0 fully saturated rings. The van der Waals surface area contributed by atoms with Crippen molar-refractivity contribution in [1.29, 1.82) is 0 Å². The van der Waals surface area contributed by atoms with Crippen LogP contribution in [-0.2, 0) is 11.5 Å². The maximum Gasteiger partial charge on any atom is 0.145 e. The van der Waals surface area contributed by atoms with Gasteiger partial charge in [0.1, 0.15) is 18.7 Å². The van der Waals surface area contributed by atoms with E-state index in [4.69, 9.17) is 4.74 Å². The molecule has 3 aromatic rings. The Labute approximate surface area is 172 Å². The van der Waals surface area contributed by atoms with E-state index in [1.807, 2.05) is 23.0 Å². The van der Waals surface area contributed by atoms with Gasteiger partial charge in [0.15, 0.2) is 0 Å². The first-order valence-corrected chi connectivity index (χ1v) is 13.8. The number of fused-ring (bicyclic) bond motifs is 1. The summed E-state index contributed by atoms with van der Waals surface area (Å²) in [6.45, 7) is 8.36. The van der Waals surface area contributed by atoms with E-state index in [2.05, 4.69) is 34.7 Å². The topological polar surface area (TPSA) is 98.2 Å². The van der Waals surface area contributed by atoms with Gasteiger partial charge in [-0.3, -0.25) is 4.68 Å². The average molecular weight is 418 g/mol. The van der Waals surface area contributed by atoms with E-state index < -0.39 is 8.07 Å². The normalized spacial score (nSPS) is 12.3. The van der Waals surface area contributed by atoms with Gasteiger partial charge in [-0.2, -0.15) is 5.10 Å². The van der Waals surface area contributed by atoms with Crippen molar-refractivity contribution in [2.24, 2.45) is 0 Å². The maximum absolute atomic E-state index is 9.27. The quantitative estimate of drug-likeness (QED) is 0.368. The third kappa shape index (κ3) is 5.50. The number of nitrogens with zero attached hydrogens (tertiary/aromatic N) is 5. The minimum absolute atomic E-state index is 0.0413. The summed E-state index contributed by atoms with van der Waals surface area (Å²) in [6.07, 6.45) is 8.32. The Bertz CT molecular complexity index is 912. The Balaban J connectivity index is 1.78. The summed E-state index contributed by atoms with van der Waals surface area (Å²) in [4.78, 5) is 8.91. The van der Waals surface area contributed by atoms with E-state index in [0.29, 0.717) is 19.6 Å². The van der Waals surface area contributed by atoms with Crippen molar-refractivity contribution >= 4 is 19.1 Å². The number of aromatic nitrogens is 5. The van der Waals surface area contributed by atoms with Gasteiger partial charge in [-0.1, -0.05) is 19.6 Å². The molecule has 0 saturated heterocycles. The van der Waals surface area contributed by atoms with Crippen molar-refractivity contribution in [2.45, 2.75) is 51.3 Å². The SMILES string of the molecule is C[Si](C)(C)CCOCn1ccc2c(-c3cnn(C(CCO)CCO)c3)ncnc21. The molecule has 3 heterocycles. The lowest BCUT2D eigenvalue weighted by atomic mass is 10.1. The number of aliphatic hydroxyl groups excluding tert-OH is 2. The minimum atomic E-state index is -1.11. The third-order valence-corrected chi connectivity index (χ3v) is 6.66. The zero-order valence-corrected chi connectivity index (χ0v) is 18.5. The van der Waals surface area contributed by atoms with Gasteiger partial charge in [-0.15, -0.1) is 0 Å². The van der Waals surface area contributed by atoms with Gasteiger partial charge < -0.3 is 19.5 Å². The molecule has 0 aliphatic rings. The van der Waals surface area contributed by atoms with E-state index in [1.165, 1.54) is 0 Å². The zero-order chi connectivity index (χ0) is 20.9. The van der Waals surface area contributed by atoms with Gasteiger partial charge in [0, 0.05) is 51.2 Å². The molecule has 29 heavy (non-hydrogen) atoms. The van der Waals surface area contributed by atoms with Crippen molar-refractivity contribution in [1.82, 2.24) is 24.3 Å². The molecule has 0 aliphatic carbocycles. The maximum atomic E-state index is 9.27. The molecule has 3 aromatic heterocycles. The smallest absolute Gasteiger partial charge is 0.145 e. The summed E-state index contributed by atoms with van der Waals surface area (Å²) in [5.41, 5.74) is 2.53. The summed E-state index contributed by atoms with van der Waals surface area (Å²) < 4.78 is 9.66. The van der Waals surface area contributed by atoms with Crippen LogP contribution in [0.15, 0.2) is 31.0 Å². The Morgan fingerprint density at radius 2 is 1.90 bits per heavy atom. The molecule has 0 amide bonds. The highest BCUT2D eigenvalue weighted by atomic mass is 28.3. The lowest BCUT2D eigenvalue weighted by Gasteiger charge is -2.15. The fourth-order valence-corrected chi connectivity index (χ4v) is 4.00. The van der Waals surface area contributed by atoms with Gasteiger partial charge in [0.2, 0.25) is 0 Å². The predicted molar refractivity (Wildman–Crippen MR) is 115 cm³/mol. The van der Waals surface area contributed by atoms with Crippen LogP contribution in [0.25, 0.3) is 22.3 Å². The molecule has 0 atom stereocenters. The second kappa shape index (κ2) is 9.62. The lowest BCUT2D eigenvalue weighted by molar-refractivity contribution is 0.0899. The van der Waals surface area contributed by atoms with E-state index in [1.54, 1.807) is 17.2 Å². The highest BCUT2D eigenvalue weighted by Crippen LogP contribution is 2.27. The van der Waals surface area contributed by atoms with Crippen LogP contribution < -0.4 is 0 Å². The molecular weight excluding hydrogens is 386 g/mol. The molecule has 0 unspecified atom stereocenters. The molecule has 0 saturated carbocycles. The summed E-state index contributed by atoms with van der Waals surface area (Å²) >= 11 is 0. The molecule has 8 nitrogen and oxygen atoms in total. The fraction of sp³-hybridized carbons (Fsp3) is 0.550. The Morgan fingerprint density at radius 1 is 1.14 bits per heavy atom. The van der Waals surface area contributed by atoms with Gasteiger partial charge in [-0.25, -0.2) is 9.97 Å². The summed E-state index contributed by atoms with van der Waals surface area (Å²) in [7, 11) is -1.11. The summed E-state index contributed by atoms with van der Waals surface area (Å²) in [5.74, 6) is 0. The van der Waals surface area contributed by atoms with Crippen LogP contribution in [0.3, 0.4) is 0 Å². The fourth-order valence-electron chi connectivity index (χ4n) is 3.25. The first-order valence-electron chi connectivity index (χ1n) is 10.1. The average Bonchev–Trinajstić information content (AvgIpc) is 3.32. The van der Waals surface area contributed by atoms with Crippen LogP contribution in [0.1, 0.15) is 18.9 Å². The molecule has 3 rings (SSSR count). The highest BCUT2D eigenvalue weighted by molar-refractivity contribution is 6.76. The zero-order valence-electron chi connectivity index (χ0n) is 17.5. The molecular formula is C20H31N5O3Si. The first kappa shape index (κ1) is 21.6. The number of hydrogen-bond donors (Lipinski definition) is 2. The van der Waals surface area contributed by atoms with Crippen LogP contribution in [0.4, 0.5) is 0 Å². The summed E-state index contributed by atoms with van der Waals surface area (Å²) in [6, 6.07) is 3.09. The van der Waals surface area contributed by atoms with E-state index >= 15 is 0 Å². The van der Waals surface area contributed by atoms with E-state index in [-0.39, 0.29) is 19.3 Å². The van der Waals surface area contributed by atoms with Gasteiger partial charge in [0.25, 0.3) is 0 Å². The van der Waals surface area contributed by atoms with Crippen molar-refractivity contribution in [2.75, 3.05) is 19.8 Å². The highest BCUT2D eigenvalue weighted by Gasteiger charge is 2.16. The van der Waals surface area contributed by atoms with E-state index in [0.717, 1.165) is 34.9 Å². The first-order chi connectivity index (χ1) is 13.9. The third-order valence-electron chi connectivity index (χ3n) is 4.96. The molecule has 158 valence electrons. The van der Waals surface area contributed by atoms with Gasteiger partial charge in [0.05, 0.1) is 17.9 Å². The van der Waals surface area contributed by atoms with Crippen molar-refractivity contribution in [3.63, 3.8) is 0 Å². The van der Waals surface area contributed by atoms with Crippen molar-refractivity contribution < 1.29 is 14.9 Å². The summed E-state index contributed by atoms with van der Waals surface area (Å²) in [5, 5.41) is 23.9. The molecule has 0 aromatic carbocycles. The standard InChI is InChI=1S/C20H31N5O3Si/c1-29(2,3)11-10-28-15-24-7-4-18-19(21-14-22-20(18)24)16-12-23-25(13-16)17(5-8-26)6-9-27/h4,7,12-14,17,26-27H,5-6,8-11,15H2,1-3H3. The second-order valence-electron chi connectivity index (χ2n) is 8.48. The van der Waals surface area contributed by atoms with Crippen LogP contribution >= 0.6 is 0 Å². The monoisotopic (exact) mass is 417 g/mol. The molecule has 2 N–H and O–H groups in total. The molecule has 9 heteroatoms. The van der Waals surface area contributed by atoms with Crippen molar-refractivity contribution in [3.8, 4) is 11.3 Å². The van der Waals surface area contributed by atoms with Crippen molar-refractivity contribution in [3.05, 3.63) is 31.0 Å². The molecule has 0 spiro atoms. The number of aliphatic hydroxyl groups is 2.